The first-order valence-electron chi connectivity index (χ1n) is 13.7. The maximum Gasteiger partial charge on any atom is 0.411 e. The Kier molecular flexibility index (Phi) is 9.67. The Morgan fingerprint density at radius 3 is 2.22 bits per heavy atom. The first kappa shape index (κ1) is 29.7. The number of allylic oxidation sites excluding steroid dienone is 2. The van der Waals surface area contributed by atoms with Crippen molar-refractivity contribution in [3.05, 3.63) is 82.2 Å². The Bertz CT molecular complexity index is 1320. The Balaban J connectivity index is 1.28. The minimum atomic E-state index is -1.21. The highest BCUT2D eigenvalue weighted by Crippen LogP contribution is 2.39. The average Bonchev–Trinajstić information content (AvgIpc) is 2.95. The lowest BCUT2D eigenvalue weighted by molar-refractivity contribution is -0.133. The van der Waals surface area contributed by atoms with E-state index >= 15 is 0 Å². The van der Waals surface area contributed by atoms with Crippen molar-refractivity contribution in [1.29, 1.82) is 0 Å². The number of aliphatic carboxylic acids is 2. The number of carboxylic acids is 2. The van der Waals surface area contributed by atoms with Gasteiger partial charge in [0.1, 0.15) is 5.75 Å². The fourth-order valence-electron chi connectivity index (χ4n) is 5.68. The van der Waals surface area contributed by atoms with Crippen molar-refractivity contribution in [3.8, 4) is 5.75 Å². The molecule has 0 bridgehead atoms. The molecule has 4 rings (SSSR count). The van der Waals surface area contributed by atoms with Crippen LogP contribution in [0, 0.1) is 0 Å². The largest absolute Gasteiger partial charge is 0.497 e. The standard InChI is InChI=1S/C31H37N3O7/c1-19-26(29(35)36)28(27(30(37)38)20(2)32-19)23-8-4-9-24(17-23)33-31(39)41-16-6-13-34-14-11-21(12-15-34)22-7-5-10-25(18-22)40-3/h4-5,7-10,17-18,21,28,32H,6,11-16H2,1-3H3,(H,33,39)(H,35,36)(H,37,38). The van der Waals surface area contributed by atoms with Crippen LogP contribution in [-0.2, 0) is 14.3 Å². The number of carbonyl (C=O) groups is 3. The topological polar surface area (TPSA) is 137 Å². The van der Waals surface area contributed by atoms with Crippen LogP contribution in [0.15, 0.2) is 71.1 Å². The predicted octanol–water partition coefficient (Wildman–Crippen LogP) is 4.92. The summed E-state index contributed by atoms with van der Waals surface area (Å²) in [5.74, 6) is -2.03. The molecule has 0 radical (unpaired) electrons. The lowest BCUT2D eigenvalue weighted by Crippen LogP contribution is -2.34. The van der Waals surface area contributed by atoms with E-state index in [1.807, 2.05) is 12.1 Å². The van der Waals surface area contributed by atoms with Crippen molar-refractivity contribution in [1.82, 2.24) is 10.2 Å². The summed E-state index contributed by atoms with van der Waals surface area (Å²) in [6, 6.07) is 14.8. The highest BCUT2D eigenvalue weighted by Gasteiger charge is 2.36. The van der Waals surface area contributed by atoms with Crippen molar-refractivity contribution in [2.75, 3.05) is 38.7 Å². The van der Waals surface area contributed by atoms with Gasteiger partial charge in [0.05, 0.1) is 30.8 Å². The monoisotopic (exact) mass is 563 g/mol. The maximum absolute atomic E-state index is 12.5. The van der Waals surface area contributed by atoms with Gasteiger partial charge < -0.3 is 29.9 Å². The molecule has 2 aliphatic rings. The summed E-state index contributed by atoms with van der Waals surface area (Å²) < 4.78 is 10.7. The van der Waals surface area contributed by atoms with E-state index in [9.17, 15) is 24.6 Å². The van der Waals surface area contributed by atoms with Crippen molar-refractivity contribution < 1.29 is 34.1 Å². The average molecular weight is 564 g/mol. The zero-order valence-corrected chi connectivity index (χ0v) is 23.6. The number of anilines is 1. The van der Waals surface area contributed by atoms with Gasteiger partial charge in [-0.2, -0.15) is 0 Å². The van der Waals surface area contributed by atoms with E-state index in [1.165, 1.54) is 5.56 Å². The number of rotatable bonds is 10. The van der Waals surface area contributed by atoms with Crippen LogP contribution in [0.5, 0.6) is 5.75 Å². The fraction of sp³-hybridized carbons (Fsp3) is 0.387. The minimum Gasteiger partial charge on any atom is -0.497 e. The molecular formula is C31H37N3O7. The number of likely N-dealkylation sites (tertiary alicyclic amines) is 1. The van der Waals surface area contributed by atoms with Crippen molar-refractivity contribution in [3.63, 3.8) is 0 Å². The number of nitrogens with zero attached hydrogens (tertiary/aromatic N) is 1. The molecule has 2 aliphatic heterocycles. The third-order valence-corrected chi connectivity index (χ3v) is 7.69. The molecule has 2 aromatic carbocycles. The number of carboxylic acid groups (broad SMARTS) is 2. The third kappa shape index (κ3) is 7.26. The van der Waals surface area contributed by atoms with Crippen molar-refractivity contribution >= 4 is 23.7 Å². The molecule has 0 atom stereocenters. The number of nitrogens with one attached hydrogen (secondary N) is 2. The van der Waals surface area contributed by atoms with Gasteiger partial charge >= 0.3 is 18.0 Å². The van der Waals surface area contributed by atoms with Crippen LogP contribution in [0.4, 0.5) is 10.5 Å². The Morgan fingerprint density at radius 2 is 1.59 bits per heavy atom. The maximum atomic E-state index is 12.5. The minimum absolute atomic E-state index is 0.0553. The Labute approximate surface area is 239 Å². The highest BCUT2D eigenvalue weighted by molar-refractivity contribution is 5.98. The van der Waals surface area contributed by atoms with Gasteiger partial charge in [-0.1, -0.05) is 24.3 Å². The van der Waals surface area contributed by atoms with Gasteiger partial charge in [0.2, 0.25) is 0 Å². The molecule has 218 valence electrons. The first-order valence-corrected chi connectivity index (χ1v) is 13.7. The summed E-state index contributed by atoms with van der Waals surface area (Å²) in [6.07, 6.45) is 2.21. The van der Waals surface area contributed by atoms with Gasteiger partial charge in [0.15, 0.2) is 0 Å². The number of methoxy groups -OCH3 is 1. The predicted molar refractivity (Wildman–Crippen MR) is 154 cm³/mol. The molecule has 0 saturated carbocycles. The smallest absolute Gasteiger partial charge is 0.411 e. The molecule has 2 heterocycles. The van der Waals surface area contributed by atoms with Gasteiger partial charge in [0, 0.05) is 23.6 Å². The van der Waals surface area contributed by atoms with E-state index < -0.39 is 23.9 Å². The molecule has 0 unspecified atom stereocenters. The summed E-state index contributed by atoms with van der Waals surface area (Å²) in [7, 11) is 1.68. The fourth-order valence-corrected chi connectivity index (χ4v) is 5.68. The second kappa shape index (κ2) is 13.4. The van der Waals surface area contributed by atoms with E-state index in [0.717, 1.165) is 38.2 Å². The summed E-state index contributed by atoms with van der Waals surface area (Å²) in [6.45, 7) is 6.25. The number of benzene rings is 2. The van der Waals surface area contributed by atoms with E-state index in [-0.39, 0.29) is 17.8 Å². The molecular weight excluding hydrogens is 526 g/mol. The quantitative estimate of drug-likeness (QED) is 0.297. The molecule has 1 fully saturated rings. The second-order valence-corrected chi connectivity index (χ2v) is 10.4. The van der Waals surface area contributed by atoms with Gasteiger partial charge in [-0.25, -0.2) is 14.4 Å². The molecule has 2 aromatic rings. The molecule has 4 N–H and O–H groups in total. The molecule has 41 heavy (non-hydrogen) atoms. The SMILES string of the molecule is COc1cccc(C2CCN(CCCOC(=O)Nc3cccc(C4C(C(=O)O)=C(C)NC(C)=C4C(=O)O)c3)CC2)c1. The summed E-state index contributed by atoms with van der Waals surface area (Å²) in [5.41, 5.74) is 2.76. The zero-order chi connectivity index (χ0) is 29.5. The van der Waals surface area contributed by atoms with Crippen LogP contribution in [-0.4, -0.2) is 66.5 Å². The van der Waals surface area contributed by atoms with E-state index in [1.54, 1.807) is 45.2 Å². The van der Waals surface area contributed by atoms with Crippen molar-refractivity contribution in [2.45, 2.75) is 44.9 Å². The summed E-state index contributed by atoms with van der Waals surface area (Å²) in [4.78, 5) is 38.9. The van der Waals surface area contributed by atoms with E-state index in [0.29, 0.717) is 35.0 Å². The second-order valence-electron chi connectivity index (χ2n) is 10.4. The third-order valence-electron chi connectivity index (χ3n) is 7.69. The lowest BCUT2D eigenvalue weighted by Gasteiger charge is -2.32. The van der Waals surface area contributed by atoms with Crippen LogP contribution < -0.4 is 15.4 Å². The van der Waals surface area contributed by atoms with Crippen LogP contribution in [0.3, 0.4) is 0 Å². The van der Waals surface area contributed by atoms with Crippen LogP contribution in [0.1, 0.15) is 56.1 Å². The van der Waals surface area contributed by atoms with Crippen LogP contribution in [0.2, 0.25) is 0 Å². The molecule has 0 aromatic heterocycles. The van der Waals surface area contributed by atoms with Crippen LogP contribution in [0.25, 0.3) is 0 Å². The van der Waals surface area contributed by atoms with E-state index in [4.69, 9.17) is 9.47 Å². The number of ether oxygens (including phenoxy) is 2. The number of hydrogen-bond acceptors (Lipinski definition) is 7. The molecule has 10 nitrogen and oxygen atoms in total. The van der Waals surface area contributed by atoms with Crippen LogP contribution >= 0.6 is 0 Å². The number of carbonyl (C=O) groups excluding carboxylic acids is 1. The molecule has 0 aliphatic carbocycles. The lowest BCUT2D eigenvalue weighted by atomic mass is 9.80. The Hall–Kier alpha value is -4.31. The first-order chi connectivity index (χ1) is 19.7. The van der Waals surface area contributed by atoms with E-state index in [2.05, 4.69) is 27.7 Å². The highest BCUT2D eigenvalue weighted by atomic mass is 16.5. The summed E-state index contributed by atoms with van der Waals surface area (Å²) in [5, 5.41) is 25.2. The molecule has 1 amide bonds. The van der Waals surface area contributed by atoms with Gasteiger partial charge in [0.25, 0.3) is 0 Å². The number of amides is 1. The normalized spacial score (nSPS) is 16.8. The van der Waals surface area contributed by atoms with Gasteiger partial charge in [-0.3, -0.25) is 5.32 Å². The summed E-state index contributed by atoms with van der Waals surface area (Å²) >= 11 is 0. The van der Waals surface area contributed by atoms with Gasteiger partial charge in [-0.05, 0) is 87.5 Å². The number of dihydropyridines is 1. The zero-order valence-electron chi connectivity index (χ0n) is 23.6. The number of piperidine rings is 1. The van der Waals surface area contributed by atoms with Gasteiger partial charge in [-0.15, -0.1) is 0 Å². The number of hydrogen-bond donors (Lipinski definition) is 4. The molecule has 1 saturated heterocycles. The van der Waals surface area contributed by atoms with Crippen molar-refractivity contribution in [2.24, 2.45) is 0 Å². The molecule has 10 heteroatoms. The Morgan fingerprint density at radius 1 is 0.951 bits per heavy atom. The molecule has 0 spiro atoms.